The van der Waals surface area contributed by atoms with Crippen molar-refractivity contribution in [3.8, 4) is 11.5 Å². The Hall–Kier alpha value is -2.80. The van der Waals surface area contributed by atoms with Crippen molar-refractivity contribution in [3.63, 3.8) is 0 Å². The lowest BCUT2D eigenvalue weighted by atomic mass is 10.1. The zero-order valence-corrected chi connectivity index (χ0v) is 14.9. The van der Waals surface area contributed by atoms with E-state index in [2.05, 4.69) is 31.1 Å². The smallest absolute Gasteiger partial charge is 0.261 e. The maximum absolute atomic E-state index is 12.6. The molecule has 25 heavy (non-hydrogen) atoms. The summed E-state index contributed by atoms with van der Waals surface area (Å²) in [6.45, 7) is 2.11. The van der Waals surface area contributed by atoms with Gasteiger partial charge in [-0.1, -0.05) is 28.1 Å². The predicted octanol–water partition coefficient (Wildman–Crippen LogP) is 3.57. The SMILES string of the molecule is Cc1cccc2c(=O)n(Cc3nnc(-c4ccc(Br)cc4)o3)cnc12. The number of hydrogen-bond donors (Lipinski definition) is 0. The van der Waals surface area contributed by atoms with E-state index in [1.807, 2.05) is 43.3 Å². The van der Waals surface area contributed by atoms with Gasteiger partial charge in [-0.15, -0.1) is 10.2 Å². The molecule has 7 heteroatoms. The lowest BCUT2D eigenvalue weighted by Crippen LogP contribution is -2.21. The first-order chi connectivity index (χ1) is 12.1. The van der Waals surface area contributed by atoms with E-state index in [1.54, 1.807) is 6.07 Å². The first kappa shape index (κ1) is 15.7. The second kappa shape index (κ2) is 6.25. The fourth-order valence-electron chi connectivity index (χ4n) is 2.62. The Morgan fingerprint density at radius 3 is 2.72 bits per heavy atom. The van der Waals surface area contributed by atoms with Crippen LogP contribution in [0.5, 0.6) is 0 Å². The molecule has 4 rings (SSSR count). The maximum Gasteiger partial charge on any atom is 0.261 e. The molecule has 0 spiro atoms. The molecular weight excluding hydrogens is 384 g/mol. The Morgan fingerprint density at radius 1 is 1.12 bits per heavy atom. The summed E-state index contributed by atoms with van der Waals surface area (Å²) in [4.78, 5) is 17.0. The molecule has 0 atom stereocenters. The number of halogens is 1. The molecule has 0 aliphatic rings. The number of nitrogens with zero attached hydrogens (tertiary/aromatic N) is 4. The van der Waals surface area contributed by atoms with Crippen LogP contribution in [0.1, 0.15) is 11.5 Å². The molecule has 0 saturated carbocycles. The molecule has 2 aromatic carbocycles. The summed E-state index contributed by atoms with van der Waals surface area (Å²) < 4.78 is 8.12. The van der Waals surface area contributed by atoms with Crippen LogP contribution < -0.4 is 5.56 Å². The number of hydrogen-bond acceptors (Lipinski definition) is 5. The van der Waals surface area contributed by atoms with Gasteiger partial charge in [-0.2, -0.15) is 0 Å². The Labute approximate surface area is 151 Å². The molecule has 4 aromatic rings. The molecule has 6 nitrogen and oxygen atoms in total. The number of aryl methyl sites for hydroxylation is 1. The minimum atomic E-state index is -0.128. The highest BCUT2D eigenvalue weighted by Crippen LogP contribution is 2.20. The molecule has 0 radical (unpaired) electrons. The molecule has 0 fully saturated rings. The zero-order valence-electron chi connectivity index (χ0n) is 13.3. The van der Waals surface area contributed by atoms with Crippen LogP contribution in [0.4, 0.5) is 0 Å². The van der Waals surface area contributed by atoms with Crippen molar-refractivity contribution in [2.24, 2.45) is 0 Å². The lowest BCUT2D eigenvalue weighted by molar-refractivity contribution is 0.483. The quantitative estimate of drug-likeness (QED) is 0.529. The number of fused-ring (bicyclic) bond motifs is 1. The van der Waals surface area contributed by atoms with Crippen LogP contribution >= 0.6 is 15.9 Å². The molecule has 0 aliphatic heterocycles. The minimum Gasteiger partial charge on any atom is -0.419 e. The van der Waals surface area contributed by atoms with Gasteiger partial charge in [0.25, 0.3) is 5.56 Å². The van der Waals surface area contributed by atoms with Crippen LogP contribution in [0.15, 0.2) is 62.5 Å². The average Bonchev–Trinajstić information content (AvgIpc) is 3.07. The van der Waals surface area contributed by atoms with Crippen molar-refractivity contribution < 1.29 is 4.42 Å². The highest BCUT2D eigenvalue weighted by atomic mass is 79.9. The molecule has 0 saturated heterocycles. The molecule has 2 aromatic heterocycles. The summed E-state index contributed by atoms with van der Waals surface area (Å²) in [6, 6.07) is 13.1. The first-order valence-corrected chi connectivity index (χ1v) is 8.44. The second-order valence-electron chi connectivity index (χ2n) is 5.66. The second-order valence-corrected chi connectivity index (χ2v) is 6.57. The zero-order chi connectivity index (χ0) is 17.4. The van der Waals surface area contributed by atoms with Gasteiger partial charge in [0, 0.05) is 10.0 Å². The fourth-order valence-corrected chi connectivity index (χ4v) is 2.89. The maximum atomic E-state index is 12.6. The summed E-state index contributed by atoms with van der Waals surface area (Å²) in [5.74, 6) is 0.772. The van der Waals surface area contributed by atoms with Crippen LogP contribution in [0.3, 0.4) is 0 Å². The van der Waals surface area contributed by atoms with Crippen molar-refractivity contribution >= 4 is 26.8 Å². The summed E-state index contributed by atoms with van der Waals surface area (Å²) in [6.07, 6.45) is 1.52. The van der Waals surface area contributed by atoms with E-state index < -0.39 is 0 Å². The van der Waals surface area contributed by atoms with Crippen molar-refractivity contribution in [1.82, 2.24) is 19.7 Å². The standard InChI is InChI=1S/C18H13BrN4O2/c1-11-3-2-4-14-16(11)20-10-23(18(14)24)9-15-21-22-17(25-15)12-5-7-13(19)8-6-12/h2-8,10H,9H2,1H3. The van der Waals surface area contributed by atoms with Gasteiger partial charge >= 0.3 is 0 Å². The third kappa shape index (κ3) is 2.98. The van der Waals surface area contributed by atoms with Gasteiger partial charge in [-0.05, 0) is 42.8 Å². The Morgan fingerprint density at radius 2 is 1.92 bits per heavy atom. The molecule has 0 unspecified atom stereocenters. The highest BCUT2D eigenvalue weighted by molar-refractivity contribution is 9.10. The number of rotatable bonds is 3. The number of aromatic nitrogens is 4. The summed E-state index contributed by atoms with van der Waals surface area (Å²) in [5, 5.41) is 8.66. The van der Waals surface area contributed by atoms with E-state index in [0.717, 1.165) is 15.6 Å². The van der Waals surface area contributed by atoms with E-state index in [9.17, 15) is 4.79 Å². The molecule has 0 bridgehead atoms. The molecule has 0 aliphatic carbocycles. The average molecular weight is 397 g/mol. The van der Waals surface area contributed by atoms with Crippen molar-refractivity contribution in [3.05, 3.63) is 75.1 Å². The van der Waals surface area contributed by atoms with E-state index >= 15 is 0 Å². The molecule has 0 N–H and O–H groups in total. The normalized spacial score (nSPS) is 11.1. The minimum absolute atomic E-state index is 0.128. The van der Waals surface area contributed by atoms with Crippen LogP contribution in [0.2, 0.25) is 0 Å². The Kier molecular flexibility index (Phi) is 3.93. The van der Waals surface area contributed by atoms with Gasteiger partial charge in [0.2, 0.25) is 11.8 Å². The van der Waals surface area contributed by atoms with E-state index in [-0.39, 0.29) is 12.1 Å². The summed E-state index contributed by atoms with van der Waals surface area (Å²) in [5.41, 5.74) is 2.38. The summed E-state index contributed by atoms with van der Waals surface area (Å²) >= 11 is 3.39. The molecule has 2 heterocycles. The Bertz CT molecular complexity index is 1120. The van der Waals surface area contributed by atoms with Crippen molar-refractivity contribution in [1.29, 1.82) is 0 Å². The largest absolute Gasteiger partial charge is 0.419 e. The lowest BCUT2D eigenvalue weighted by Gasteiger charge is -2.05. The summed E-state index contributed by atoms with van der Waals surface area (Å²) in [7, 11) is 0. The highest BCUT2D eigenvalue weighted by Gasteiger charge is 2.11. The van der Waals surface area contributed by atoms with E-state index in [4.69, 9.17) is 4.42 Å². The van der Waals surface area contributed by atoms with Gasteiger partial charge in [0.1, 0.15) is 6.54 Å². The van der Waals surface area contributed by atoms with Crippen molar-refractivity contribution in [2.45, 2.75) is 13.5 Å². The van der Waals surface area contributed by atoms with Crippen LogP contribution in [0.25, 0.3) is 22.4 Å². The monoisotopic (exact) mass is 396 g/mol. The Balaban J connectivity index is 1.67. The molecule has 124 valence electrons. The predicted molar refractivity (Wildman–Crippen MR) is 97.3 cm³/mol. The van der Waals surface area contributed by atoms with E-state index in [0.29, 0.717) is 22.7 Å². The third-order valence-corrected chi connectivity index (χ3v) is 4.45. The van der Waals surface area contributed by atoms with Crippen molar-refractivity contribution in [2.75, 3.05) is 0 Å². The van der Waals surface area contributed by atoms with E-state index in [1.165, 1.54) is 10.9 Å². The van der Waals surface area contributed by atoms with Gasteiger partial charge in [0.15, 0.2) is 0 Å². The molecular formula is C18H13BrN4O2. The van der Waals surface area contributed by atoms with Gasteiger partial charge in [0.05, 0.1) is 17.2 Å². The van der Waals surface area contributed by atoms with Crippen LogP contribution in [0, 0.1) is 6.92 Å². The van der Waals surface area contributed by atoms with Gasteiger partial charge < -0.3 is 4.42 Å². The fraction of sp³-hybridized carbons (Fsp3) is 0.111. The number of para-hydroxylation sites is 1. The number of benzene rings is 2. The molecule has 0 amide bonds. The first-order valence-electron chi connectivity index (χ1n) is 7.65. The van der Waals surface area contributed by atoms with Crippen LogP contribution in [-0.4, -0.2) is 19.7 Å². The van der Waals surface area contributed by atoms with Crippen LogP contribution in [-0.2, 0) is 6.54 Å². The topological polar surface area (TPSA) is 73.8 Å². The third-order valence-electron chi connectivity index (χ3n) is 3.92. The van der Waals surface area contributed by atoms with Gasteiger partial charge in [-0.25, -0.2) is 4.98 Å². The van der Waals surface area contributed by atoms with Gasteiger partial charge in [-0.3, -0.25) is 9.36 Å².